The van der Waals surface area contributed by atoms with Crippen LogP contribution in [0.5, 0.6) is 0 Å². The predicted octanol–water partition coefficient (Wildman–Crippen LogP) is 3.39. The molecule has 0 saturated heterocycles. The Morgan fingerprint density at radius 1 is 1.32 bits per heavy atom. The van der Waals surface area contributed by atoms with Crippen molar-refractivity contribution < 1.29 is 4.79 Å². The third-order valence-corrected chi connectivity index (χ3v) is 4.72. The SMILES string of the molecule is O=C(/C=C/c1cnc2sccn12)N1CCCc2ccccc21. The Bertz CT molecular complexity index is 862. The first kappa shape index (κ1) is 13.3. The Hall–Kier alpha value is -2.40. The number of nitrogens with zero attached hydrogens (tertiary/aromatic N) is 3. The molecule has 1 aromatic carbocycles. The number of aromatic nitrogens is 2. The lowest BCUT2D eigenvalue weighted by atomic mass is 10.0. The van der Waals surface area contributed by atoms with E-state index in [1.165, 1.54) is 5.56 Å². The molecule has 22 heavy (non-hydrogen) atoms. The van der Waals surface area contributed by atoms with Crippen LogP contribution in [-0.2, 0) is 11.2 Å². The Morgan fingerprint density at radius 3 is 3.18 bits per heavy atom. The molecular formula is C17H15N3OS. The van der Waals surface area contributed by atoms with E-state index in [1.54, 1.807) is 23.6 Å². The van der Waals surface area contributed by atoms with E-state index in [9.17, 15) is 4.79 Å². The van der Waals surface area contributed by atoms with Crippen molar-refractivity contribution in [2.45, 2.75) is 12.8 Å². The van der Waals surface area contributed by atoms with Crippen molar-refractivity contribution in [3.63, 3.8) is 0 Å². The van der Waals surface area contributed by atoms with Crippen LogP contribution < -0.4 is 4.90 Å². The first-order valence-electron chi connectivity index (χ1n) is 7.31. The second-order valence-corrected chi connectivity index (χ2v) is 6.17. The molecule has 110 valence electrons. The number of hydrogen-bond donors (Lipinski definition) is 0. The minimum Gasteiger partial charge on any atom is -0.309 e. The van der Waals surface area contributed by atoms with Gasteiger partial charge in [-0.2, -0.15) is 0 Å². The number of carbonyl (C=O) groups is 1. The van der Waals surface area contributed by atoms with Gasteiger partial charge in [0.25, 0.3) is 5.91 Å². The lowest BCUT2D eigenvalue weighted by Gasteiger charge is -2.28. The first-order valence-corrected chi connectivity index (χ1v) is 8.19. The van der Waals surface area contributed by atoms with E-state index in [0.29, 0.717) is 0 Å². The number of hydrogen-bond acceptors (Lipinski definition) is 3. The van der Waals surface area contributed by atoms with Gasteiger partial charge in [-0.1, -0.05) is 18.2 Å². The van der Waals surface area contributed by atoms with Crippen LogP contribution in [0.4, 0.5) is 5.69 Å². The number of carbonyl (C=O) groups excluding carboxylic acids is 1. The van der Waals surface area contributed by atoms with Gasteiger partial charge >= 0.3 is 0 Å². The van der Waals surface area contributed by atoms with E-state index in [2.05, 4.69) is 11.1 Å². The molecule has 4 nitrogen and oxygen atoms in total. The number of benzene rings is 1. The van der Waals surface area contributed by atoms with Crippen molar-refractivity contribution in [2.24, 2.45) is 0 Å². The summed E-state index contributed by atoms with van der Waals surface area (Å²) in [5, 5.41) is 1.99. The van der Waals surface area contributed by atoms with E-state index < -0.39 is 0 Å². The molecule has 1 aliphatic rings. The summed E-state index contributed by atoms with van der Waals surface area (Å²) in [6.07, 6.45) is 9.29. The molecule has 3 aromatic rings. The summed E-state index contributed by atoms with van der Waals surface area (Å²) in [4.78, 5) is 19.7. The molecule has 0 aliphatic carbocycles. The monoisotopic (exact) mass is 309 g/mol. The molecule has 2 aromatic heterocycles. The highest BCUT2D eigenvalue weighted by atomic mass is 32.1. The van der Waals surface area contributed by atoms with Gasteiger partial charge in [-0.05, 0) is 30.5 Å². The summed E-state index contributed by atoms with van der Waals surface area (Å²) in [5.41, 5.74) is 3.22. The van der Waals surface area contributed by atoms with Crippen molar-refractivity contribution in [1.29, 1.82) is 0 Å². The number of thiazole rings is 1. The third kappa shape index (κ3) is 2.23. The van der Waals surface area contributed by atoms with Crippen LogP contribution in [0.3, 0.4) is 0 Å². The molecule has 0 bridgehead atoms. The van der Waals surface area contributed by atoms with Crippen molar-refractivity contribution in [2.75, 3.05) is 11.4 Å². The summed E-state index contributed by atoms with van der Waals surface area (Å²) in [7, 11) is 0. The van der Waals surface area contributed by atoms with E-state index in [1.807, 2.05) is 45.2 Å². The summed E-state index contributed by atoms with van der Waals surface area (Å²) >= 11 is 1.58. The summed E-state index contributed by atoms with van der Waals surface area (Å²) in [6.45, 7) is 0.778. The second-order valence-electron chi connectivity index (χ2n) is 5.29. The zero-order valence-electron chi connectivity index (χ0n) is 12.0. The maximum Gasteiger partial charge on any atom is 0.251 e. The number of anilines is 1. The zero-order chi connectivity index (χ0) is 14.9. The molecule has 0 fully saturated rings. The molecule has 5 heteroatoms. The van der Waals surface area contributed by atoms with Crippen LogP contribution in [0.15, 0.2) is 48.1 Å². The van der Waals surface area contributed by atoms with Crippen molar-refractivity contribution in [3.05, 3.63) is 59.4 Å². The van der Waals surface area contributed by atoms with E-state index in [4.69, 9.17) is 0 Å². The molecule has 0 atom stereocenters. The van der Waals surface area contributed by atoms with Crippen molar-refractivity contribution in [3.8, 4) is 0 Å². The predicted molar refractivity (Wildman–Crippen MR) is 89.2 cm³/mol. The zero-order valence-corrected chi connectivity index (χ0v) is 12.8. The maximum absolute atomic E-state index is 12.5. The van der Waals surface area contributed by atoms with Gasteiger partial charge in [0, 0.05) is 29.9 Å². The molecular weight excluding hydrogens is 294 g/mol. The van der Waals surface area contributed by atoms with Gasteiger partial charge in [-0.3, -0.25) is 9.20 Å². The van der Waals surface area contributed by atoms with E-state index in [-0.39, 0.29) is 5.91 Å². The number of rotatable bonds is 2. The van der Waals surface area contributed by atoms with Crippen LogP contribution in [-0.4, -0.2) is 21.8 Å². The van der Waals surface area contributed by atoms with Crippen molar-refractivity contribution in [1.82, 2.24) is 9.38 Å². The lowest BCUT2D eigenvalue weighted by Crippen LogP contribution is -2.34. The Labute approximate surface area is 132 Å². The average Bonchev–Trinajstić information content (AvgIpc) is 3.16. The Balaban J connectivity index is 1.61. The molecule has 4 rings (SSSR count). The summed E-state index contributed by atoms with van der Waals surface area (Å²) in [6, 6.07) is 8.14. The number of imidazole rings is 1. The van der Waals surface area contributed by atoms with Gasteiger partial charge in [0.2, 0.25) is 0 Å². The number of amides is 1. The summed E-state index contributed by atoms with van der Waals surface area (Å²) in [5.74, 6) is 0.0253. The molecule has 3 heterocycles. The maximum atomic E-state index is 12.5. The molecule has 0 saturated carbocycles. The number of aryl methyl sites for hydroxylation is 1. The molecule has 0 radical (unpaired) electrons. The quantitative estimate of drug-likeness (QED) is 0.681. The van der Waals surface area contributed by atoms with Gasteiger partial charge in [-0.25, -0.2) is 4.98 Å². The van der Waals surface area contributed by atoms with Crippen LogP contribution in [0.2, 0.25) is 0 Å². The minimum atomic E-state index is 0.0253. The van der Waals surface area contributed by atoms with E-state index >= 15 is 0 Å². The minimum absolute atomic E-state index is 0.0253. The Kier molecular flexibility index (Phi) is 3.27. The average molecular weight is 309 g/mol. The fourth-order valence-corrected chi connectivity index (χ4v) is 3.58. The Morgan fingerprint density at radius 2 is 2.23 bits per heavy atom. The van der Waals surface area contributed by atoms with E-state index in [0.717, 1.165) is 35.7 Å². The lowest BCUT2D eigenvalue weighted by molar-refractivity contribution is -0.114. The van der Waals surface area contributed by atoms with Gasteiger partial charge in [-0.15, -0.1) is 11.3 Å². The number of para-hydroxylation sites is 1. The highest BCUT2D eigenvalue weighted by Gasteiger charge is 2.20. The highest BCUT2D eigenvalue weighted by Crippen LogP contribution is 2.27. The van der Waals surface area contributed by atoms with Crippen LogP contribution in [0, 0.1) is 0 Å². The van der Waals surface area contributed by atoms with Gasteiger partial charge < -0.3 is 4.90 Å². The van der Waals surface area contributed by atoms with Crippen molar-refractivity contribution >= 4 is 34.0 Å². The normalized spacial score (nSPS) is 14.6. The molecule has 0 unspecified atom stereocenters. The smallest absolute Gasteiger partial charge is 0.251 e. The van der Waals surface area contributed by atoms with Crippen LogP contribution in [0.25, 0.3) is 11.0 Å². The largest absolute Gasteiger partial charge is 0.309 e. The molecule has 0 N–H and O–H groups in total. The van der Waals surface area contributed by atoms with Gasteiger partial charge in [0.05, 0.1) is 11.9 Å². The van der Waals surface area contributed by atoms with Crippen LogP contribution in [0.1, 0.15) is 17.7 Å². The summed E-state index contributed by atoms with van der Waals surface area (Å²) < 4.78 is 1.98. The third-order valence-electron chi connectivity index (χ3n) is 3.95. The fraction of sp³-hybridized carbons (Fsp3) is 0.176. The molecule has 1 amide bonds. The van der Waals surface area contributed by atoms with Crippen LogP contribution >= 0.6 is 11.3 Å². The molecule has 1 aliphatic heterocycles. The number of fused-ring (bicyclic) bond motifs is 2. The standard InChI is InChI=1S/C17H15N3OS/c21-16(8-7-14-12-18-17-19(14)10-11-22-17)20-9-3-5-13-4-1-2-6-15(13)20/h1-2,4,6-8,10-12H,3,5,9H2/b8-7+. The molecule has 0 spiro atoms. The fourth-order valence-electron chi connectivity index (χ4n) is 2.88. The van der Waals surface area contributed by atoms with Gasteiger partial charge in [0.15, 0.2) is 4.96 Å². The first-order chi connectivity index (χ1) is 10.8. The second kappa shape index (κ2) is 5.42. The topological polar surface area (TPSA) is 37.6 Å². The highest BCUT2D eigenvalue weighted by molar-refractivity contribution is 7.15. The van der Waals surface area contributed by atoms with Gasteiger partial charge in [0.1, 0.15) is 0 Å².